The minimum absolute atomic E-state index is 0.00888. The number of primary amides is 3. The Labute approximate surface area is 529 Å². The average Bonchev–Trinajstić information content (AvgIpc) is 1.18. The fraction of sp³-hybridized carbons (Fsp3) is 0.673. The summed E-state index contributed by atoms with van der Waals surface area (Å²) in [6.45, 7) is 5.18. The number of nitrogens with two attached hydrogens (primary N) is 10. The predicted molar refractivity (Wildman–Crippen MR) is 328 cm³/mol. The SMILES string of the molecule is CC(C)C[C@H](NC(=O)[C@H](CCCN=C(N)N)NC(=O)[C@H](CCCN=C(N)N)NC(=O)[C@@H](N)CCC(=O)O)C(=O)N[C@@H](CCC(N)=O)C(=O)N[C@@H](CCCN=C(N)N)C(=O)N[C@@H](CCC(N)=O)C(=O)N[C@@H](CCC(N)=O)C(=O)N[C@H](C(=O)N[C@H](C(=O)O)[C@@H](C)O)[C@@H](C)O. The van der Waals surface area contributed by atoms with Gasteiger partial charge >= 0.3 is 11.9 Å². The number of carboxylic acid groups (broad SMARTS) is 2. The van der Waals surface area contributed by atoms with Crippen molar-refractivity contribution in [3.05, 3.63) is 0 Å². The lowest BCUT2D eigenvalue weighted by molar-refractivity contribution is -0.146. The van der Waals surface area contributed by atoms with Gasteiger partial charge in [-0.1, -0.05) is 13.8 Å². The third-order valence-electron chi connectivity index (χ3n) is 13.1. The number of nitrogens with one attached hydrogen (secondary N) is 9. The minimum atomic E-state index is -1.94. The number of rotatable bonds is 47. The Kier molecular flexibility index (Phi) is 38.5. The van der Waals surface area contributed by atoms with E-state index >= 15 is 0 Å². The van der Waals surface area contributed by atoms with E-state index in [1.807, 2.05) is 5.32 Å². The van der Waals surface area contributed by atoms with Gasteiger partial charge in [0.2, 0.25) is 70.9 Å². The summed E-state index contributed by atoms with van der Waals surface area (Å²) in [7, 11) is 0. The zero-order valence-electron chi connectivity index (χ0n) is 51.9. The molecule has 12 atom stereocenters. The second kappa shape index (κ2) is 43.1. The molecule has 0 radical (unpaired) electrons. The second-order valence-electron chi connectivity index (χ2n) is 21.8. The first-order chi connectivity index (χ1) is 42.9. The quantitative estimate of drug-likeness (QED) is 0.0153. The molecule has 33 N–H and O–H groups in total. The largest absolute Gasteiger partial charge is 0.481 e. The lowest BCUT2D eigenvalue weighted by atomic mass is 10.0. The molecule has 0 aliphatic rings. The number of aliphatic carboxylic acids is 2. The molecule has 0 fully saturated rings. The van der Waals surface area contributed by atoms with Crippen molar-refractivity contribution >= 4 is 101 Å². The van der Waals surface area contributed by atoms with Crippen LogP contribution in [0.5, 0.6) is 0 Å². The molecular weight excluding hydrogens is 1220 g/mol. The maximum Gasteiger partial charge on any atom is 0.328 e. The van der Waals surface area contributed by atoms with Crippen LogP contribution in [0.15, 0.2) is 15.0 Å². The van der Waals surface area contributed by atoms with Crippen molar-refractivity contribution in [2.75, 3.05) is 19.6 Å². The molecule has 0 aromatic heterocycles. The van der Waals surface area contributed by atoms with E-state index in [1.165, 1.54) is 0 Å². The van der Waals surface area contributed by atoms with Crippen molar-refractivity contribution < 1.29 is 87.5 Å². The molecule has 0 saturated carbocycles. The number of carbonyl (C=O) groups excluding carboxylic acids is 12. The van der Waals surface area contributed by atoms with E-state index < -0.39 is 200 Å². The molecule has 0 bridgehead atoms. The summed E-state index contributed by atoms with van der Waals surface area (Å²) in [5.41, 5.74) is 54.9. The molecular formula is C52H94N22O18. The van der Waals surface area contributed by atoms with E-state index in [9.17, 15) is 82.4 Å². The summed E-state index contributed by atoms with van der Waals surface area (Å²) in [6.07, 6.45) is -8.45. The van der Waals surface area contributed by atoms with Crippen LogP contribution in [0.2, 0.25) is 0 Å². The highest BCUT2D eigenvalue weighted by Gasteiger charge is 2.37. The lowest BCUT2D eigenvalue weighted by Gasteiger charge is -2.29. The fourth-order valence-electron chi connectivity index (χ4n) is 8.30. The number of guanidine groups is 3. The molecule has 12 amide bonds. The van der Waals surface area contributed by atoms with Gasteiger partial charge in [-0.25, -0.2) is 4.79 Å². The Balaban J connectivity index is 7.37. The lowest BCUT2D eigenvalue weighted by Crippen LogP contribution is -2.62. The molecule has 40 heteroatoms. The maximum atomic E-state index is 14.4. The first kappa shape index (κ1) is 82.3. The molecule has 0 aliphatic heterocycles. The van der Waals surface area contributed by atoms with Crippen LogP contribution in [0.4, 0.5) is 0 Å². The Hall–Kier alpha value is -9.73. The number of hydrogen-bond acceptors (Lipinski definition) is 20. The molecule has 40 nitrogen and oxygen atoms in total. The molecule has 520 valence electrons. The van der Waals surface area contributed by atoms with Crippen molar-refractivity contribution in [2.24, 2.45) is 78.2 Å². The summed E-state index contributed by atoms with van der Waals surface area (Å²) < 4.78 is 0. The van der Waals surface area contributed by atoms with Crippen molar-refractivity contribution in [2.45, 2.75) is 197 Å². The molecule has 92 heavy (non-hydrogen) atoms. The van der Waals surface area contributed by atoms with Crippen LogP contribution in [-0.4, -0.2) is 213 Å². The van der Waals surface area contributed by atoms with E-state index in [-0.39, 0.29) is 94.8 Å². The van der Waals surface area contributed by atoms with Crippen molar-refractivity contribution in [1.29, 1.82) is 0 Å². The Bertz CT molecular complexity index is 2630. The van der Waals surface area contributed by atoms with Crippen LogP contribution in [0, 0.1) is 5.92 Å². The molecule has 0 aromatic carbocycles. The van der Waals surface area contributed by atoms with Crippen LogP contribution < -0.4 is 105 Å². The Morgan fingerprint density at radius 1 is 0.348 bits per heavy atom. The normalized spacial score (nSPS) is 14.8. The van der Waals surface area contributed by atoms with Gasteiger partial charge in [0.1, 0.15) is 48.3 Å². The number of carbonyl (C=O) groups is 14. The zero-order valence-corrected chi connectivity index (χ0v) is 51.9. The molecule has 0 aromatic rings. The van der Waals surface area contributed by atoms with Gasteiger partial charge in [-0.3, -0.25) is 77.3 Å². The molecule has 0 heterocycles. The molecule has 0 aliphatic carbocycles. The molecule has 0 rings (SSSR count). The first-order valence-electron chi connectivity index (χ1n) is 29.2. The van der Waals surface area contributed by atoms with E-state index in [4.69, 9.17) is 62.4 Å². The number of amides is 12. The molecule has 0 saturated heterocycles. The van der Waals surface area contributed by atoms with E-state index in [0.717, 1.165) is 13.8 Å². The van der Waals surface area contributed by atoms with Crippen molar-refractivity contribution in [1.82, 2.24) is 47.9 Å². The standard InChI is InChI=1S/C52H94N22O18/c1-23(2)22-33(72-43(85)29(10-7-21-65-52(61)62)67-41(83)27(8-5-19-63-50(57)58)66-40(82)26(53)11-18-37(80)81)47(89)71-31(13-16-35(55)78)44(86)68-28(9-6-20-64-51(59)60)42(84)69-30(12-15-34(54)77)45(87)70-32(14-17-36(56)79)46(88)73-38(24(3)75)48(90)74-39(25(4)76)49(91)92/h23-33,38-39,75-76H,5-22,53H2,1-4H3,(H2,54,77)(H2,55,78)(H2,56,79)(H,66,82)(H,67,83)(H,68,86)(H,69,84)(H,70,87)(H,71,89)(H,72,85)(H,73,88)(H,74,90)(H,80,81)(H,91,92)(H4,57,58,63)(H4,59,60,64)(H4,61,62,65)/t24-,25-,26+,27+,28+,29+,30+,31+,32+,33+,38+,39+/m1/s1. The van der Waals surface area contributed by atoms with Gasteiger partial charge < -0.3 is 126 Å². The van der Waals surface area contributed by atoms with E-state index in [0.29, 0.717) is 0 Å². The zero-order chi connectivity index (χ0) is 70.5. The van der Waals surface area contributed by atoms with Gasteiger partial charge in [-0.05, 0) is 90.4 Å². The van der Waals surface area contributed by atoms with Crippen LogP contribution in [0.3, 0.4) is 0 Å². The summed E-state index contributed by atoms with van der Waals surface area (Å²) >= 11 is 0. The topological polar surface area (TPSA) is 725 Å². The average molecular weight is 1320 g/mol. The summed E-state index contributed by atoms with van der Waals surface area (Å²) in [4.78, 5) is 196. The van der Waals surface area contributed by atoms with Crippen molar-refractivity contribution in [3.63, 3.8) is 0 Å². The number of carboxylic acids is 2. The maximum absolute atomic E-state index is 14.4. The van der Waals surface area contributed by atoms with Gasteiger partial charge in [0.05, 0.1) is 18.2 Å². The molecule has 0 unspecified atom stereocenters. The van der Waals surface area contributed by atoms with Crippen LogP contribution in [0.25, 0.3) is 0 Å². The number of aliphatic imine (C=N–C) groups is 3. The number of aliphatic hydroxyl groups is 2. The van der Waals surface area contributed by atoms with Gasteiger partial charge in [0, 0.05) is 45.3 Å². The fourth-order valence-corrected chi connectivity index (χ4v) is 8.30. The Morgan fingerprint density at radius 2 is 0.620 bits per heavy atom. The minimum Gasteiger partial charge on any atom is -0.481 e. The Morgan fingerprint density at radius 3 is 0.891 bits per heavy atom. The van der Waals surface area contributed by atoms with Gasteiger partial charge in [0.25, 0.3) is 0 Å². The van der Waals surface area contributed by atoms with Crippen LogP contribution in [-0.2, 0) is 67.1 Å². The number of aliphatic hydroxyl groups excluding tert-OH is 2. The van der Waals surface area contributed by atoms with E-state index in [2.05, 4.69) is 57.5 Å². The van der Waals surface area contributed by atoms with Crippen molar-refractivity contribution in [3.8, 4) is 0 Å². The number of nitrogens with zero attached hydrogens (tertiary/aromatic N) is 3. The smallest absolute Gasteiger partial charge is 0.328 e. The first-order valence-corrected chi connectivity index (χ1v) is 29.2. The second-order valence-corrected chi connectivity index (χ2v) is 21.8. The third-order valence-corrected chi connectivity index (χ3v) is 13.1. The van der Waals surface area contributed by atoms with Crippen LogP contribution >= 0.6 is 0 Å². The summed E-state index contributed by atoms with van der Waals surface area (Å²) in [6, 6.07) is -16.8. The monoisotopic (exact) mass is 1310 g/mol. The molecule has 0 spiro atoms. The number of hydrogen-bond donors (Lipinski definition) is 23. The highest BCUT2D eigenvalue weighted by molar-refractivity contribution is 5.99. The van der Waals surface area contributed by atoms with Gasteiger partial charge in [0.15, 0.2) is 23.9 Å². The third kappa shape index (κ3) is 35.5. The highest BCUT2D eigenvalue weighted by atomic mass is 16.4. The highest BCUT2D eigenvalue weighted by Crippen LogP contribution is 2.13. The summed E-state index contributed by atoms with van der Waals surface area (Å²) in [5.74, 6) is -17.2. The summed E-state index contributed by atoms with van der Waals surface area (Å²) in [5, 5.41) is 60.1. The van der Waals surface area contributed by atoms with Gasteiger partial charge in [-0.15, -0.1) is 0 Å². The van der Waals surface area contributed by atoms with E-state index in [1.54, 1.807) is 13.8 Å². The van der Waals surface area contributed by atoms with Gasteiger partial charge in [-0.2, -0.15) is 0 Å². The predicted octanol–water partition coefficient (Wildman–Crippen LogP) is -10.6. The van der Waals surface area contributed by atoms with Crippen LogP contribution in [0.1, 0.15) is 124 Å².